The van der Waals surface area contributed by atoms with E-state index in [9.17, 15) is 0 Å². The lowest BCUT2D eigenvalue weighted by atomic mass is 10.0. The molecule has 0 spiro atoms. The Balaban J connectivity index is 1.62. The number of rotatable bonds is 5. The largest absolute Gasteiger partial charge is 0.310 e. The van der Waals surface area contributed by atoms with Gasteiger partial charge in [-0.15, -0.1) is 0 Å². The summed E-state index contributed by atoms with van der Waals surface area (Å²) in [5.74, 6) is 0.892. The van der Waals surface area contributed by atoms with Crippen LogP contribution in [0.1, 0.15) is 40.9 Å². The van der Waals surface area contributed by atoms with Crippen LogP contribution in [-0.4, -0.2) is 16.0 Å². The second-order valence-corrected chi connectivity index (χ2v) is 5.76. The number of aryl methyl sites for hydroxylation is 2. The molecule has 1 saturated carbocycles. The predicted octanol–water partition coefficient (Wildman–Crippen LogP) is 2.94. The van der Waals surface area contributed by atoms with Crippen molar-refractivity contribution < 1.29 is 0 Å². The van der Waals surface area contributed by atoms with E-state index in [1.165, 1.54) is 35.1 Å². The van der Waals surface area contributed by atoms with E-state index < -0.39 is 0 Å². The summed E-state index contributed by atoms with van der Waals surface area (Å²) in [4.78, 5) is 8.95. The second-order valence-electron chi connectivity index (χ2n) is 5.76. The Bertz CT molecular complexity index is 586. The standard InChI is InChI=1S/C17H21N3/c1-12-3-4-14(7-13(12)2)8-17-19-10-15(11-20-17)9-18-16-5-6-16/h3-4,7,10-11,16,18H,5-6,8-9H2,1-2H3. The zero-order chi connectivity index (χ0) is 13.9. The van der Waals surface area contributed by atoms with E-state index >= 15 is 0 Å². The molecule has 0 amide bonds. The Morgan fingerprint density at radius 2 is 1.80 bits per heavy atom. The molecule has 1 aromatic carbocycles. The van der Waals surface area contributed by atoms with Gasteiger partial charge in [0.1, 0.15) is 5.82 Å². The molecule has 3 heteroatoms. The average molecular weight is 267 g/mol. The number of hydrogen-bond acceptors (Lipinski definition) is 3. The summed E-state index contributed by atoms with van der Waals surface area (Å²) in [6, 6.07) is 7.28. The summed E-state index contributed by atoms with van der Waals surface area (Å²) in [6.07, 6.45) is 7.31. The quantitative estimate of drug-likeness (QED) is 0.905. The molecule has 1 heterocycles. The van der Waals surface area contributed by atoms with Crippen molar-refractivity contribution in [3.05, 3.63) is 58.7 Å². The molecule has 104 valence electrons. The van der Waals surface area contributed by atoms with Crippen LogP contribution in [0.15, 0.2) is 30.6 Å². The van der Waals surface area contributed by atoms with E-state index in [0.717, 1.165) is 24.8 Å². The molecule has 3 nitrogen and oxygen atoms in total. The first-order valence-corrected chi connectivity index (χ1v) is 7.30. The molecule has 0 atom stereocenters. The lowest BCUT2D eigenvalue weighted by Crippen LogP contribution is -2.15. The van der Waals surface area contributed by atoms with Gasteiger partial charge in [-0.1, -0.05) is 18.2 Å². The van der Waals surface area contributed by atoms with Gasteiger partial charge in [-0.25, -0.2) is 9.97 Å². The molecule has 0 aliphatic heterocycles. The molecule has 0 saturated heterocycles. The van der Waals surface area contributed by atoms with Gasteiger partial charge in [-0.3, -0.25) is 0 Å². The predicted molar refractivity (Wildman–Crippen MR) is 80.6 cm³/mol. The maximum atomic E-state index is 4.47. The van der Waals surface area contributed by atoms with Crippen LogP contribution in [0.4, 0.5) is 0 Å². The number of aromatic nitrogens is 2. The van der Waals surface area contributed by atoms with Crippen LogP contribution < -0.4 is 5.32 Å². The molecular formula is C17H21N3. The molecule has 1 aliphatic carbocycles. The fourth-order valence-corrected chi connectivity index (χ4v) is 2.21. The molecule has 1 N–H and O–H groups in total. The lowest BCUT2D eigenvalue weighted by Gasteiger charge is -2.06. The minimum atomic E-state index is 0.727. The van der Waals surface area contributed by atoms with Gasteiger partial charge < -0.3 is 5.32 Å². The minimum Gasteiger partial charge on any atom is -0.310 e. The highest BCUT2D eigenvalue weighted by atomic mass is 15.0. The minimum absolute atomic E-state index is 0.727. The van der Waals surface area contributed by atoms with Crippen LogP contribution >= 0.6 is 0 Å². The zero-order valence-corrected chi connectivity index (χ0v) is 12.2. The van der Waals surface area contributed by atoms with Crippen LogP contribution in [-0.2, 0) is 13.0 Å². The van der Waals surface area contributed by atoms with Crippen LogP contribution in [0, 0.1) is 13.8 Å². The third kappa shape index (κ3) is 3.42. The fraction of sp³-hybridized carbons (Fsp3) is 0.412. The molecule has 1 aliphatic rings. The third-order valence-electron chi connectivity index (χ3n) is 3.86. The molecule has 1 aromatic heterocycles. The van der Waals surface area contributed by atoms with Crippen LogP contribution in [0.5, 0.6) is 0 Å². The average Bonchev–Trinajstić information content (AvgIpc) is 3.26. The van der Waals surface area contributed by atoms with Crippen molar-refractivity contribution in [3.8, 4) is 0 Å². The smallest absolute Gasteiger partial charge is 0.132 e. The molecule has 0 unspecified atom stereocenters. The zero-order valence-electron chi connectivity index (χ0n) is 12.2. The number of nitrogens with zero attached hydrogens (tertiary/aromatic N) is 2. The molecular weight excluding hydrogens is 246 g/mol. The first-order valence-electron chi connectivity index (χ1n) is 7.30. The van der Waals surface area contributed by atoms with E-state index in [4.69, 9.17) is 0 Å². The fourth-order valence-electron chi connectivity index (χ4n) is 2.21. The summed E-state index contributed by atoms with van der Waals surface area (Å²) in [6.45, 7) is 5.16. The van der Waals surface area contributed by atoms with Gasteiger partial charge in [0.05, 0.1) is 0 Å². The molecule has 0 radical (unpaired) electrons. The SMILES string of the molecule is Cc1ccc(Cc2ncc(CNC3CC3)cn2)cc1C. The van der Waals surface area contributed by atoms with E-state index in [1.54, 1.807) is 0 Å². The van der Waals surface area contributed by atoms with Crippen LogP contribution in [0.25, 0.3) is 0 Å². The number of nitrogens with one attached hydrogen (secondary N) is 1. The van der Waals surface area contributed by atoms with E-state index in [2.05, 4.69) is 47.3 Å². The topological polar surface area (TPSA) is 37.8 Å². The van der Waals surface area contributed by atoms with Crippen molar-refractivity contribution in [2.24, 2.45) is 0 Å². The summed E-state index contributed by atoms with van der Waals surface area (Å²) in [7, 11) is 0. The van der Waals surface area contributed by atoms with Gasteiger partial charge in [0.15, 0.2) is 0 Å². The lowest BCUT2D eigenvalue weighted by molar-refractivity contribution is 0.681. The highest BCUT2D eigenvalue weighted by Gasteiger charge is 2.19. The summed E-state index contributed by atoms with van der Waals surface area (Å²) >= 11 is 0. The maximum Gasteiger partial charge on any atom is 0.132 e. The molecule has 2 aromatic rings. The first-order chi connectivity index (χ1) is 9.70. The summed E-state index contributed by atoms with van der Waals surface area (Å²) in [5, 5.41) is 3.48. The second kappa shape index (κ2) is 5.71. The summed E-state index contributed by atoms with van der Waals surface area (Å²) < 4.78 is 0. The highest BCUT2D eigenvalue weighted by molar-refractivity contribution is 5.31. The van der Waals surface area contributed by atoms with Gasteiger partial charge in [0.2, 0.25) is 0 Å². The van der Waals surface area contributed by atoms with Gasteiger partial charge in [-0.05, 0) is 43.4 Å². The Kier molecular flexibility index (Phi) is 3.79. The van der Waals surface area contributed by atoms with E-state index in [0.29, 0.717) is 0 Å². The van der Waals surface area contributed by atoms with Crippen molar-refractivity contribution in [2.75, 3.05) is 0 Å². The molecule has 0 bridgehead atoms. The highest BCUT2D eigenvalue weighted by Crippen LogP contribution is 2.19. The Morgan fingerprint density at radius 1 is 1.05 bits per heavy atom. The first kappa shape index (κ1) is 13.3. The van der Waals surface area contributed by atoms with Gasteiger partial charge in [-0.2, -0.15) is 0 Å². The molecule has 3 rings (SSSR count). The van der Waals surface area contributed by atoms with Crippen molar-refractivity contribution in [2.45, 2.75) is 45.7 Å². The van der Waals surface area contributed by atoms with Crippen molar-refractivity contribution >= 4 is 0 Å². The van der Waals surface area contributed by atoms with Crippen molar-refractivity contribution in [3.63, 3.8) is 0 Å². The van der Waals surface area contributed by atoms with Crippen molar-refractivity contribution in [1.82, 2.24) is 15.3 Å². The third-order valence-corrected chi connectivity index (χ3v) is 3.86. The van der Waals surface area contributed by atoms with Gasteiger partial charge >= 0.3 is 0 Å². The number of benzene rings is 1. The molecule has 20 heavy (non-hydrogen) atoms. The van der Waals surface area contributed by atoms with Crippen molar-refractivity contribution in [1.29, 1.82) is 0 Å². The normalized spacial score (nSPS) is 14.5. The summed E-state index contributed by atoms with van der Waals surface area (Å²) in [5.41, 5.74) is 5.10. The Morgan fingerprint density at radius 3 is 2.45 bits per heavy atom. The van der Waals surface area contributed by atoms with E-state index in [-0.39, 0.29) is 0 Å². The van der Waals surface area contributed by atoms with Crippen LogP contribution in [0.3, 0.4) is 0 Å². The monoisotopic (exact) mass is 267 g/mol. The van der Waals surface area contributed by atoms with Gasteiger partial charge in [0, 0.05) is 37.0 Å². The number of hydrogen-bond donors (Lipinski definition) is 1. The Labute approximate surface area is 120 Å². The maximum absolute atomic E-state index is 4.47. The van der Waals surface area contributed by atoms with Gasteiger partial charge in [0.25, 0.3) is 0 Å². The Hall–Kier alpha value is -1.74. The van der Waals surface area contributed by atoms with E-state index in [1.807, 2.05) is 12.4 Å². The van der Waals surface area contributed by atoms with Crippen LogP contribution in [0.2, 0.25) is 0 Å². The molecule has 1 fully saturated rings.